The summed E-state index contributed by atoms with van der Waals surface area (Å²) >= 11 is 0. The van der Waals surface area contributed by atoms with Crippen LogP contribution in [0.2, 0.25) is 0 Å². The highest BCUT2D eigenvalue weighted by atomic mass is 16.5. The molecule has 1 aliphatic carbocycles. The van der Waals surface area contributed by atoms with Gasteiger partial charge in [-0.3, -0.25) is 4.79 Å². The molecule has 0 aromatic rings. The lowest BCUT2D eigenvalue weighted by Crippen LogP contribution is -2.40. The predicted octanol–water partition coefficient (Wildman–Crippen LogP) is 3.28. The number of hydrogen-bond donors (Lipinski definition) is 1. The van der Waals surface area contributed by atoms with Crippen LogP contribution in [0.15, 0.2) is 0 Å². The Morgan fingerprint density at radius 3 is 2.39 bits per heavy atom. The monoisotopic (exact) mass is 255 g/mol. The molecule has 0 saturated heterocycles. The quantitative estimate of drug-likeness (QED) is 0.585. The van der Waals surface area contributed by atoms with E-state index in [9.17, 15) is 4.79 Å². The second-order valence-corrected chi connectivity index (χ2v) is 5.62. The first-order valence-corrected chi connectivity index (χ1v) is 7.55. The lowest BCUT2D eigenvalue weighted by atomic mass is 9.92. The molecule has 0 aromatic heterocycles. The molecule has 1 saturated carbocycles. The minimum absolute atomic E-state index is 0.0921. The molecule has 18 heavy (non-hydrogen) atoms. The van der Waals surface area contributed by atoms with E-state index in [1.807, 2.05) is 6.92 Å². The molecule has 106 valence electrons. The SMILES string of the molecule is CCOC(=O)CC(C)N[C@@H](C)C1CCCCCC1. The summed E-state index contributed by atoms with van der Waals surface area (Å²) in [5.74, 6) is 0.683. The maximum Gasteiger partial charge on any atom is 0.307 e. The lowest BCUT2D eigenvalue weighted by Gasteiger charge is -2.26. The molecule has 3 nitrogen and oxygen atoms in total. The number of nitrogens with one attached hydrogen (secondary N) is 1. The maximum absolute atomic E-state index is 11.4. The highest BCUT2D eigenvalue weighted by Crippen LogP contribution is 2.25. The Morgan fingerprint density at radius 2 is 1.83 bits per heavy atom. The van der Waals surface area contributed by atoms with Crippen LogP contribution in [0.1, 0.15) is 65.7 Å². The zero-order chi connectivity index (χ0) is 13.4. The summed E-state index contributed by atoms with van der Waals surface area (Å²) < 4.78 is 4.98. The molecule has 0 spiro atoms. The summed E-state index contributed by atoms with van der Waals surface area (Å²) in [6.45, 7) is 6.66. The van der Waals surface area contributed by atoms with E-state index in [0.717, 1.165) is 5.92 Å². The van der Waals surface area contributed by atoms with Gasteiger partial charge in [0, 0.05) is 12.1 Å². The van der Waals surface area contributed by atoms with Gasteiger partial charge in [-0.05, 0) is 39.5 Å². The topological polar surface area (TPSA) is 38.3 Å². The number of carbonyl (C=O) groups excluding carboxylic acids is 1. The molecule has 0 heterocycles. The van der Waals surface area contributed by atoms with E-state index < -0.39 is 0 Å². The molecule has 0 bridgehead atoms. The Hall–Kier alpha value is -0.570. The zero-order valence-electron chi connectivity index (χ0n) is 12.2. The highest BCUT2D eigenvalue weighted by molar-refractivity contribution is 5.70. The van der Waals surface area contributed by atoms with Crippen LogP contribution in [-0.2, 0) is 9.53 Å². The molecule has 0 aromatic carbocycles. The third kappa shape index (κ3) is 5.85. The zero-order valence-corrected chi connectivity index (χ0v) is 12.2. The van der Waals surface area contributed by atoms with Crippen molar-refractivity contribution in [1.29, 1.82) is 0 Å². The number of esters is 1. The Labute approximate surface area is 112 Å². The third-order valence-corrected chi connectivity index (χ3v) is 3.93. The van der Waals surface area contributed by atoms with Crippen molar-refractivity contribution in [3.8, 4) is 0 Å². The van der Waals surface area contributed by atoms with Gasteiger partial charge in [0.1, 0.15) is 0 Å². The van der Waals surface area contributed by atoms with E-state index in [1.165, 1.54) is 38.5 Å². The lowest BCUT2D eigenvalue weighted by molar-refractivity contribution is -0.143. The van der Waals surface area contributed by atoms with Crippen molar-refractivity contribution < 1.29 is 9.53 Å². The molecular weight excluding hydrogens is 226 g/mol. The van der Waals surface area contributed by atoms with Crippen LogP contribution < -0.4 is 5.32 Å². The molecule has 2 atom stereocenters. The van der Waals surface area contributed by atoms with Gasteiger partial charge in [-0.2, -0.15) is 0 Å². The van der Waals surface area contributed by atoms with Crippen molar-refractivity contribution in [2.75, 3.05) is 6.61 Å². The Balaban J connectivity index is 2.28. The van der Waals surface area contributed by atoms with Crippen molar-refractivity contribution in [2.24, 2.45) is 5.92 Å². The molecular formula is C15H29NO2. The van der Waals surface area contributed by atoms with Gasteiger partial charge in [0.25, 0.3) is 0 Å². The standard InChI is InChI=1S/C15H29NO2/c1-4-18-15(17)11-12(2)16-13(3)14-9-7-5-6-8-10-14/h12-14,16H,4-11H2,1-3H3/t12?,13-/m0/s1. The predicted molar refractivity (Wildman–Crippen MR) is 74.5 cm³/mol. The number of ether oxygens (including phenoxy) is 1. The van der Waals surface area contributed by atoms with E-state index in [2.05, 4.69) is 19.2 Å². The van der Waals surface area contributed by atoms with Gasteiger partial charge in [0.05, 0.1) is 13.0 Å². The molecule has 1 unspecified atom stereocenters. The molecule has 1 aliphatic rings. The van der Waals surface area contributed by atoms with E-state index in [1.54, 1.807) is 0 Å². The first-order valence-electron chi connectivity index (χ1n) is 7.55. The van der Waals surface area contributed by atoms with E-state index in [4.69, 9.17) is 4.74 Å². The third-order valence-electron chi connectivity index (χ3n) is 3.93. The van der Waals surface area contributed by atoms with Crippen molar-refractivity contribution in [1.82, 2.24) is 5.32 Å². The van der Waals surface area contributed by atoms with E-state index in [0.29, 0.717) is 19.1 Å². The van der Waals surface area contributed by atoms with Gasteiger partial charge < -0.3 is 10.1 Å². The molecule has 0 aliphatic heterocycles. The van der Waals surface area contributed by atoms with Gasteiger partial charge in [-0.25, -0.2) is 0 Å². The molecule has 1 rings (SSSR count). The fourth-order valence-electron chi connectivity index (χ4n) is 2.92. The van der Waals surface area contributed by atoms with Crippen molar-refractivity contribution in [3.05, 3.63) is 0 Å². The van der Waals surface area contributed by atoms with E-state index in [-0.39, 0.29) is 12.0 Å². The molecule has 1 N–H and O–H groups in total. The van der Waals surface area contributed by atoms with Crippen LogP contribution in [0.5, 0.6) is 0 Å². The Bertz CT molecular complexity index is 235. The normalized spacial score (nSPS) is 21.1. The summed E-state index contributed by atoms with van der Waals surface area (Å²) in [5, 5.41) is 3.57. The summed E-state index contributed by atoms with van der Waals surface area (Å²) in [6.07, 6.45) is 8.65. The maximum atomic E-state index is 11.4. The summed E-state index contributed by atoms with van der Waals surface area (Å²) in [5.41, 5.74) is 0. The van der Waals surface area contributed by atoms with Crippen LogP contribution in [0.3, 0.4) is 0 Å². The number of rotatable bonds is 6. The smallest absolute Gasteiger partial charge is 0.307 e. The first kappa shape index (κ1) is 15.5. The first-order chi connectivity index (χ1) is 8.63. The molecule has 3 heteroatoms. The van der Waals surface area contributed by atoms with Gasteiger partial charge in [0.15, 0.2) is 0 Å². The van der Waals surface area contributed by atoms with Crippen molar-refractivity contribution in [3.63, 3.8) is 0 Å². The molecule has 0 amide bonds. The number of carbonyl (C=O) groups is 1. The van der Waals surface area contributed by atoms with Crippen molar-refractivity contribution >= 4 is 5.97 Å². The van der Waals surface area contributed by atoms with Crippen molar-refractivity contribution in [2.45, 2.75) is 77.8 Å². The fourth-order valence-corrected chi connectivity index (χ4v) is 2.92. The minimum atomic E-state index is -0.0921. The van der Waals surface area contributed by atoms with Crippen LogP contribution in [0.4, 0.5) is 0 Å². The average molecular weight is 255 g/mol. The largest absolute Gasteiger partial charge is 0.466 e. The van der Waals surface area contributed by atoms with Gasteiger partial charge >= 0.3 is 5.97 Å². The fraction of sp³-hybridized carbons (Fsp3) is 0.933. The molecule has 0 radical (unpaired) electrons. The van der Waals surface area contributed by atoms with Crippen LogP contribution in [-0.4, -0.2) is 24.7 Å². The van der Waals surface area contributed by atoms with Gasteiger partial charge in [0.2, 0.25) is 0 Å². The minimum Gasteiger partial charge on any atom is -0.466 e. The highest BCUT2D eigenvalue weighted by Gasteiger charge is 2.21. The Kier molecular flexibility index (Phi) is 7.33. The summed E-state index contributed by atoms with van der Waals surface area (Å²) in [6, 6.07) is 0.717. The number of hydrogen-bond acceptors (Lipinski definition) is 3. The van der Waals surface area contributed by atoms with Gasteiger partial charge in [-0.15, -0.1) is 0 Å². The summed E-state index contributed by atoms with van der Waals surface area (Å²) in [7, 11) is 0. The average Bonchev–Trinajstić information content (AvgIpc) is 2.57. The van der Waals surface area contributed by atoms with Gasteiger partial charge in [-0.1, -0.05) is 25.7 Å². The molecule has 1 fully saturated rings. The van der Waals surface area contributed by atoms with E-state index >= 15 is 0 Å². The van der Waals surface area contributed by atoms with Crippen LogP contribution in [0.25, 0.3) is 0 Å². The van der Waals surface area contributed by atoms with Crippen LogP contribution in [0, 0.1) is 5.92 Å². The second kappa shape index (κ2) is 8.52. The Morgan fingerprint density at radius 1 is 1.22 bits per heavy atom. The summed E-state index contributed by atoms with van der Waals surface area (Å²) in [4.78, 5) is 11.4. The second-order valence-electron chi connectivity index (χ2n) is 5.62. The van der Waals surface area contributed by atoms with Crippen LogP contribution >= 0.6 is 0 Å².